The molecule has 22 rings (SSSR count). The zero-order valence-electron chi connectivity index (χ0n) is 80.3. The number of nitrogens with two attached hydrogens (primary N) is 2. The minimum Gasteiger partial charge on any atom is -0.494 e. The molecule has 0 bridgehead atoms. The van der Waals surface area contributed by atoms with E-state index in [0.29, 0.717) is 156 Å². The Morgan fingerprint density at radius 2 is 0.789 bits per heavy atom. The molecule has 742 valence electrons. The fourth-order valence-corrected chi connectivity index (χ4v) is 18.2. The highest BCUT2D eigenvalue weighted by Crippen LogP contribution is 2.47. The number of aromatic nitrogens is 22. The van der Waals surface area contributed by atoms with E-state index in [1.54, 1.807) is 97.7 Å². The first kappa shape index (κ1) is 99.4. The number of hydrogen-bond acceptors (Lipinski definition) is 30. The summed E-state index contributed by atoms with van der Waals surface area (Å²) in [7, 11) is 13.7. The molecule has 3 saturated heterocycles. The molecule has 38 nitrogen and oxygen atoms in total. The van der Waals surface area contributed by atoms with Crippen LogP contribution in [0.15, 0.2) is 127 Å². The number of fused-ring (bicyclic) bond motifs is 4. The number of anilines is 7. The van der Waals surface area contributed by atoms with Crippen molar-refractivity contribution in [3.8, 4) is 68.5 Å². The van der Waals surface area contributed by atoms with Crippen LogP contribution in [0.25, 0.3) is 79.0 Å². The van der Waals surface area contributed by atoms with Gasteiger partial charge in [0.15, 0.2) is 63.2 Å². The second kappa shape index (κ2) is 43.5. The van der Waals surface area contributed by atoms with Crippen molar-refractivity contribution in [2.75, 3.05) is 69.9 Å². The van der Waals surface area contributed by atoms with Gasteiger partial charge in [0.25, 0.3) is 0 Å². The number of aryl methyl sites for hydroxylation is 7. The van der Waals surface area contributed by atoms with Crippen LogP contribution in [0.3, 0.4) is 0 Å². The molecule has 44 heteroatoms. The quantitative estimate of drug-likeness (QED) is 0.0277. The lowest BCUT2D eigenvalue weighted by Gasteiger charge is -2.25. The molecule has 0 spiro atoms. The molecule has 142 heavy (non-hydrogen) atoms. The van der Waals surface area contributed by atoms with E-state index in [4.69, 9.17) is 94.4 Å². The summed E-state index contributed by atoms with van der Waals surface area (Å²) in [5.41, 5.74) is 26.2. The minimum absolute atomic E-state index is 0.00853. The zero-order valence-corrected chi connectivity index (χ0v) is 82.5. The number of imidazole rings is 3. The van der Waals surface area contributed by atoms with E-state index in [2.05, 4.69) is 81.2 Å². The third-order valence-corrected chi connectivity index (χ3v) is 25.4. The number of amides is 1. The fourth-order valence-electron chi connectivity index (χ4n) is 17.5. The maximum absolute atomic E-state index is 13.6. The second-order valence-corrected chi connectivity index (χ2v) is 36.5. The number of halogens is 6. The van der Waals surface area contributed by atoms with Crippen LogP contribution in [0.2, 0.25) is 15.3 Å². The van der Waals surface area contributed by atoms with E-state index in [-0.39, 0.29) is 43.1 Å². The molecule has 11 aromatic heterocycles. The molecule has 7 N–H and O–H groups in total. The van der Waals surface area contributed by atoms with E-state index in [1.807, 2.05) is 141 Å². The molecule has 1 amide bonds. The maximum atomic E-state index is 13.6. The van der Waals surface area contributed by atoms with Gasteiger partial charge in [0.2, 0.25) is 5.91 Å². The van der Waals surface area contributed by atoms with Gasteiger partial charge in [-0.15, -0.1) is 0 Å². The molecule has 6 unspecified atom stereocenters. The number of rotatable bonds is 24. The number of ether oxygens (including phenoxy) is 7. The highest BCUT2D eigenvalue weighted by Gasteiger charge is 2.45. The van der Waals surface area contributed by atoms with Gasteiger partial charge in [-0.05, 0) is 171 Å². The molecule has 7 aliphatic rings. The third kappa shape index (κ3) is 22.4. The van der Waals surface area contributed by atoms with Crippen molar-refractivity contribution < 1.29 is 60.7 Å². The molecule has 4 aromatic carbocycles. The summed E-state index contributed by atoms with van der Waals surface area (Å²) in [5.74, 6) is 4.96. The predicted molar refractivity (Wildman–Crippen MR) is 531 cm³/mol. The highest BCUT2D eigenvalue weighted by molar-refractivity contribution is 6.37. The summed E-state index contributed by atoms with van der Waals surface area (Å²) >= 11 is 18.5. The Kier molecular flexibility index (Phi) is 30.5. The van der Waals surface area contributed by atoms with Gasteiger partial charge < -0.3 is 60.6 Å². The number of nitrogen functional groups attached to an aromatic ring is 1. The summed E-state index contributed by atoms with van der Waals surface area (Å²) < 4.78 is 91.6. The van der Waals surface area contributed by atoms with Gasteiger partial charge in [0, 0.05) is 79.1 Å². The first-order chi connectivity index (χ1) is 68.5. The van der Waals surface area contributed by atoms with Crippen LogP contribution >= 0.6 is 34.8 Å². The van der Waals surface area contributed by atoms with Crippen molar-refractivity contribution in [3.05, 3.63) is 172 Å². The average Bonchev–Trinajstić information content (AvgIpc) is 1.60. The smallest absolute Gasteiger partial charge is 0.223 e. The first-order valence-electron chi connectivity index (χ1n) is 46.5. The topological polar surface area (TPSA) is 444 Å². The Hall–Kier alpha value is -14.1. The summed E-state index contributed by atoms with van der Waals surface area (Å²) in [5, 5.41) is 29.0. The number of carbonyl (C=O) groups is 3. The number of carbonyl (C=O) groups excluding carboxylic acids is 3. The van der Waals surface area contributed by atoms with Gasteiger partial charge in [0.05, 0.1) is 130 Å². The second-order valence-electron chi connectivity index (χ2n) is 35.3. The third-order valence-electron chi connectivity index (χ3n) is 24.7. The number of hydrogen-bond donors (Lipinski definition) is 5. The highest BCUT2D eigenvalue weighted by atomic mass is 35.5. The number of ketones is 2. The van der Waals surface area contributed by atoms with Gasteiger partial charge in [-0.25, -0.2) is 63.0 Å². The van der Waals surface area contributed by atoms with E-state index in [9.17, 15) is 27.6 Å². The van der Waals surface area contributed by atoms with Gasteiger partial charge in [-0.1, -0.05) is 59.1 Å². The van der Waals surface area contributed by atoms with Crippen LogP contribution in [-0.4, -0.2) is 198 Å². The molecule has 9 atom stereocenters. The van der Waals surface area contributed by atoms with Crippen LogP contribution in [0.5, 0.6) is 23.0 Å². The first-order valence-corrected chi connectivity index (χ1v) is 47.7. The largest absolute Gasteiger partial charge is 0.494 e. The molecule has 3 saturated carbocycles. The fraction of sp³-hybridized carbons (Fsp3) is 0.398. The van der Waals surface area contributed by atoms with Gasteiger partial charge in [-0.3, -0.25) is 56.8 Å². The van der Waals surface area contributed by atoms with Crippen LogP contribution in [0.4, 0.5) is 58.7 Å². The lowest BCUT2D eigenvalue weighted by Crippen LogP contribution is -2.19. The Morgan fingerprint density at radius 1 is 0.437 bits per heavy atom. The molecule has 15 heterocycles. The Bertz CT molecular complexity index is 7200. The number of pyridine rings is 4. The van der Waals surface area contributed by atoms with Gasteiger partial charge in [-0.2, -0.15) is 20.4 Å². The van der Waals surface area contributed by atoms with Gasteiger partial charge in [0.1, 0.15) is 124 Å². The van der Waals surface area contributed by atoms with Crippen molar-refractivity contribution in [1.29, 1.82) is 0 Å². The van der Waals surface area contributed by atoms with Gasteiger partial charge >= 0.3 is 0 Å². The molecular weight excluding hydrogens is 1890 g/mol. The number of nitrogens with zero attached hydrogens (tertiary/aromatic N) is 23. The number of nitrogens with one attached hydrogen (secondary N) is 3. The van der Waals surface area contributed by atoms with Crippen LogP contribution in [0, 0.1) is 38.5 Å². The lowest BCUT2D eigenvalue weighted by molar-refractivity contribution is -0.120. The Morgan fingerprint density at radius 3 is 1.15 bits per heavy atom. The van der Waals surface area contributed by atoms with Crippen molar-refractivity contribution in [2.45, 2.75) is 161 Å². The number of para-hydroxylation sites is 4. The monoisotopic (exact) mass is 2000 g/mol. The number of primary amides is 1. The normalized spacial score (nSPS) is 19.1. The average molecular weight is 2000 g/mol. The van der Waals surface area contributed by atoms with Crippen molar-refractivity contribution >= 4 is 137 Å². The Balaban J connectivity index is 0.000000124. The van der Waals surface area contributed by atoms with Crippen LogP contribution < -0.4 is 46.4 Å². The summed E-state index contributed by atoms with van der Waals surface area (Å²) in [6, 6.07) is 29.7. The van der Waals surface area contributed by atoms with Crippen molar-refractivity contribution in [2.24, 2.45) is 56.7 Å². The van der Waals surface area contributed by atoms with Crippen molar-refractivity contribution in [1.82, 2.24) is 108 Å². The van der Waals surface area contributed by atoms with Crippen molar-refractivity contribution in [3.63, 3.8) is 0 Å². The van der Waals surface area contributed by atoms with Crippen LogP contribution in [0.1, 0.15) is 137 Å². The molecule has 6 fully saturated rings. The number of methoxy groups -OCH3 is 4. The van der Waals surface area contributed by atoms with E-state index >= 15 is 0 Å². The maximum Gasteiger partial charge on any atom is 0.223 e. The number of aliphatic imine (C=N–C) groups is 1. The molecule has 15 aromatic rings. The van der Waals surface area contributed by atoms with E-state index < -0.39 is 42.2 Å². The summed E-state index contributed by atoms with van der Waals surface area (Å²) in [6.45, 7) is 9.97. The Labute approximate surface area is 829 Å². The minimum atomic E-state index is -1.04. The SMILES string of the molecule is COc1c(N)cccc1-c1ncn(C)n1.COc1c(Nc2cc(CC(=O)C3C[C@@H]3F)nc3c2N=C(C)C3)cccc1-c1ncn(C)n1.COc1c(Nc2cc(CC(=O)C3C[C@@H]3F)nc3c2nc(C)n3C2CCCCO2)cccc1-c1ncn(C)n1.COc1c(Nc2cc(Cl)nc3c2nc(C)n3C2CCCCO2)cccc1-c1ncn(C)n1.Cc1nc2c(Cl)cc(Cl)nc2n1C1CCCCO1.NC(=O)C1C[C@@H]1F. The zero-order chi connectivity index (χ0) is 100. The number of Topliss-reactive ketones (excluding diaryl/α,β-unsaturated/α-hetero) is 2. The number of alkyl halides is 3. The summed E-state index contributed by atoms with van der Waals surface area (Å²) in [6.07, 6.45) is 14.3. The molecule has 0 radical (unpaired) electrons. The summed E-state index contributed by atoms with van der Waals surface area (Å²) in [4.78, 5) is 89.4. The predicted octanol–water partition coefficient (Wildman–Crippen LogP) is 17.5. The standard InChI is InChI=1S/C27H30FN7O3.C23H23FN6O2.C22H24ClN7O2.C12H13Cl2N3O.C10H12N4O.C4H6FNO/c1-15-30-24-21(32-20-8-6-7-17(25(20)37-3)26-29-14-34(2)33-26)11-16(12-22(36)18-13-19(18)28)31-27(24)35(15)23-9-4-5-10-38-23;1-12-7-18-21(26-12)19(8-13(27-18)9-20(31)15-10-16(15)24)28-17-6-4-5-14(22(17)32-3)23-25-11-30(2)29-23;1-13-25-19-16(11-17(23)27-22(19)30(13)18-9-4-5-10-32-18)26-15-8-6-7-14(20(15)31-3)21-24-12-29(2)28-21;1-7-15-11-8(13)6-9(14)16-12(11)17(7)10-4-2-3-5-18-10;1-14-6-12-10(13-14)7-4-3-5-8(11)9(7)15-2;5-3-1-2(3)4(6)7/h6-8,11,14,18-19,23H,4-5,9-10,12-13H2,1-3H3,(H,31,32);4-6,8,11,15-16H,7,9-10H2,1-3H3,(H,27,28);6-8,11-12,18H,4-5,9-10H2,1-3H3,(H,26,27);6,10H,2-5H2,1H3;3-6H,11H2,1-2H3;2-3H,1H2,(H2,6,7)/t18?,19-,23?;15?,16-;;;;2?,3-/m00...0/s1. The molecule has 3 aliphatic carbocycles. The van der Waals surface area contributed by atoms with E-state index in [1.165, 1.54) is 0 Å². The van der Waals surface area contributed by atoms with Crippen LogP contribution in [-0.2, 0) is 76.0 Å². The van der Waals surface area contributed by atoms with E-state index in [0.717, 1.165) is 150 Å². The molecular formula is C98H108Cl3F3N28O10. The lowest BCUT2D eigenvalue weighted by atomic mass is 10.1. The number of benzene rings is 4. The molecule has 4 aliphatic heterocycles.